The zero-order chi connectivity index (χ0) is 16.4. The van der Waals surface area contributed by atoms with Gasteiger partial charge >= 0.3 is 5.97 Å². The highest BCUT2D eigenvalue weighted by Crippen LogP contribution is 2.34. The summed E-state index contributed by atoms with van der Waals surface area (Å²) in [5, 5.41) is 11.0. The molecule has 0 amide bonds. The Morgan fingerprint density at radius 3 is 2.43 bits per heavy atom. The molecule has 3 rings (SSSR count). The Bertz CT molecular complexity index is 799. The van der Waals surface area contributed by atoms with E-state index in [0.717, 1.165) is 16.9 Å². The van der Waals surface area contributed by atoms with Crippen molar-refractivity contribution in [1.29, 1.82) is 0 Å². The Labute approximate surface area is 140 Å². The molecule has 0 saturated carbocycles. The van der Waals surface area contributed by atoms with Crippen molar-refractivity contribution in [3.63, 3.8) is 0 Å². The van der Waals surface area contributed by atoms with Crippen molar-refractivity contribution in [2.24, 2.45) is 0 Å². The molecule has 1 atom stereocenters. The predicted octanol–water partition coefficient (Wildman–Crippen LogP) is 5.05. The first-order valence-electron chi connectivity index (χ1n) is 7.83. The van der Waals surface area contributed by atoms with E-state index >= 15 is 0 Å². The van der Waals surface area contributed by atoms with Crippen LogP contribution in [0.1, 0.15) is 29.9 Å². The van der Waals surface area contributed by atoms with Crippen LogP contribution in [0.3, 0.4) is 0 Å². The molecule has 118 valence electrons. The first-order valence-corrected chi connectivity index (χ1v) is 8.65. The highest BCUT2D eigenvalue weighted by atomic mass is 32.1. The van der Waals surface area contributed by atoms with Crippen molar-refractivity contribution in [2.45, 2.75) is 32.1 Å². The maximum absolute atomic E-state index is 12.0. The second kappa shape index (κ2) is 6.17. The number of rotatable bonds is 5. The van der Waals surface area contributed by atoms with Gasteiger partial charge in [-0.2, -0.15) is 0 Å². The predicted molar refractivity (Wildman–Crippen MR) is 96.3 cm³/mol. The van der Waals surface area contributed by atoms with Gasteiger partial charge < -0.3 is 5.11 Å². The normalized spacial score (nSPS) is 13.8. The topological polar surface area (TPSA) is 37.3 Å². The summed E-state index contributed by atoms with van der Waals surface area (Å²) in [7, 11) is 0. The molecule has 2 nitrogen and oxygen atoms in total. The Balaban J connectivity index is 1.97. The van der Waals surface area contributed by atoms with E-state index in [1.54, 1.807) is 11.3 Å². The highest BCUT2D eigenvalue weighted by molar-refractivity contribution is 7.19. The molecular weight excluding hydrogens is 304 g/mol. The van der Waals surface area contributed by atoms with Crippen molar-refractivity contribution >= 4 is 27.4 Å². The summed E-state index contributed by atoms with van der Waals surface area (Å²) in [6, 6.07) is 18.3. The van der Waals surface area contributed by atoms with Gasteiger partial charge in [0.15, 0.2) is 0 Å². The van der Waals surface area contributed by atoms with Crippen LogP contribution in [0.15, 0.2) is 54.6 Å². The largest absolute Gasteiger partial charge is 0.481 e. The minimum atomic E-state index is -0.910. The summed E-state index contributed by atoms with van der Waals surface area (Å²) < 4.78 is 1.21. The summed E-state index contributed by atoms with van der Waals surface area (Å²) in [5.74, 6) is -0.779. The van der Waals surface area contributed by atoms with Crippen molar-refractivity contribution in [3.8, 4) is 0 Å². The molecule has 1 heterocycles. The van der Waals surface area contributed by atoms with Gasteiger partial charge in [0.25, 0.3) is 0 Å². The molecule has 0 aliphatic carbocycles. The minimum Gasteiger partial charge on any atom is -0.481 e. The van der Waals surface area contributed by atoms with Crippen LogP contribution < -0.4 is 0 Å². The van der Waals surface area contributed by atoms with Gasteiger partial charge in [-0.25, -0.2) is 0 Å². The molecule has 0 saturated heterocycles. The third kappa shape index (κ3) is 3.02. The number of carbonyl (C=O) groups is 1. The fourth-order valence-corrected chi connectivity index (χ4v) is 4.10. The van der Waals surface area contributed by atoms with Gasteiger partial charge in [-0.3, -0.25) is 4.79 Å². The van der Waals surface area contributed by atoms with E-state index < -0.39 is 11.4 Å². The average Bonchev–Trinajstić information content (AvgIpc) is 2.96. The summed E-state index contributed by atoms with van der Waals surface area (Å²) in [4.78, 5) is 13.1. The van der Waals surface area contributed by atoms with Crippen LogP contribution in [0, 0.1) is 0 Å². The first-order chi connectivity index (χ1) is 11.0. The lowest BCUT2D eigenvalue weighted by atomic mass is 9.78. The molecule has 23 heavy (non-hydrogen) atoms. The molecule has 1 unspecified atom stereocenters. The Morgan fingerprint density at radius 2 is 1.83 bits per heavy atom. The number of benzene rings is 2. The number of thiophene rings is 1. The molecule has 2 aromatic carbocycles. The second-order valence-electron chi connectivity index (χ2n) is 6.12. The zero-order valence-electron chi connectivity index (χ0n) is 13.4. The lowest BCUT2D eigenvalue weighted by molar-refractivity contribution is -0.143. The molecule has 0 aliphatic rings. The van der Waals surface area contributed by atoms with Crippen LogP contribution in [0.2, 0.25) is 0 Å². The van der Waals surface area contributed by atoms with Gasteiger partial charge in [0.2, 0.25) is 0 Å². The SMILES string of the molecule is CCc1ccc(C(C)(Cc2cc3ccccc3s2)C(=O)O)cc1. The molecule has 0 bridgehead atoms. The fourth-order valence-electron chi connectivity index (χ4n) is 2.88. The number of carboxylic acid groups (broad SMARTS) is 1. The van der Waals surface area contributed by atoms with Gasteiger partial charge in [-0.15, -0.1) is 11.3 Å². The smallest absolute Gasteiger partial charge is 0.314 e. The van der Waals surface area contributed by atoms with E-state index in [9.17, 15) is 9.90 Å². The molecular formula is C20H20O2S. The summed E-state index contributed by atoms with van der Waals surface area (Å²) in [6.07, 6.45) is 1.47. The quantitative estimate of drug-likeness (QED) is 0.713. The van der Waals surface area contributed by atoms with E-state index in [2.05, 4.69) is 25.1 Å². The van der Waals surface area contributed by atoms with Crippen molar-refractivity contribution in [3.05, 3.63) is 70.6 Å². The minimum absolute atomic E-state index is 0.507. The van der Waals surface area contributed by atoms with Gasteiger partial charge in [0.1, 0.15) is 0 Å². The summed E-state index contributed by atoms with van der Waals surface area (Å²) in [5.41, 5.74) is 1.18. The average molecular weight is 324 g/mol. The number of hydrogen-bond acceptors (Lipinski definition) is 2. The van der Waals surface area contributed by atoms with E-state index in [4.69, 9.17) is 0 Å². The molecule has 0 fully saturated rings. The van der Waals surface area contributed by atoms with Gasteiger partial charge in [0, 0.05) is 16.0 Å². The Morgan fingerprint density at radius 1 is 1.13 bits per heavy atom. The van der Waals surface area contributed by atoms with E-state index in [1.165, 1.54) is 15.6 Å². The van der Waals surface area contributed by atoms with Crippen LogP contribution in [-0.2, 0) is 23.1 Å². The lowest BCUT2D eigenvalue weighted by Gasteiger charge is -2.25. The molecule has 1 aromatic heterocycles. The molecule has 3 aromatic rings. The van der Waals surface area contributed by atoms with Crippen LogP contribution in [-0.4, -0.2) is 11.1 Å². The maximum atomic E-state index is 12.0. The maximum Gasteiger partial charge on any atom is 0.314 e. The summed E-state index contributed by atoms with van der Waals surface area (Å²) in [6.45, 7) is 3.92. The molecule has 1 N–H and O–H groups in total. The van der Waals surface area contributed by atoms with Crippen molar-refractivity contribution < 1.29 is 9.90 Å². The Hall–Kier alpha value is -2.13. The van der Waals surface area contributed by atoms with Crippen LogP contribution in [0.5, 0.6) is 0 Å². The third-order valence-corrected chi connectivity index (χ3v) is 5.59. The molecule has 0 spiro atoms. The zero-order valence-corrected chi connectivity index (χ0v) is 14.2. The first kappa shape index (κ1) is 15.8. The van der Waals surface area contributed by atoms with Crippen molar-refractivity contribution in [2.75, 3.05) is 0 Å². The number of fused-ring (bicyclic) bond motifs is 1. The second-order valence-corrected chi connectivity index (χ2v) is 7.28. The van der Waals surface area contributed by atoms with Crippen LogP contribution in [0.4, 0.5) is 0 Å². The molecule has 0 aliphatic heterocycles. The van der Waals surface area contributed by atoms with Crippen LogP contribution in [0.25, 0.3) is 10.1 Å². The van der Waals surface area contributed by atoms with Gasteiger partial charge in [-0.1, -0.05) is 49.4 Å². The van der Waals surface area contributed by atoms with E-state index in [-0.39, 0.29) is 0 Å². The van der Waals surface area contributed by atoms with E-state index in [0.29, 0.717) is 6.42 Å². The Kier molecular flexibility index (Phi) is 4.22. The number of aryl methyl sites for hydroxylation is 1. The van der Waals surface area contributed by atoms with Crippen molar-refractivity contribution in [1.82, 2.24) is 0 Å². The molecule has 0 radical (unpaired) electrons. The van der Waals surface area contributed by atoms with Gasteiger partial charge in [0.05, 0.1) is 5.41 Å². The fraction of sp³-hybridized carbons (Fsp3) is 0.250. The van der Waals surface area contributed by atoms with Gasteiger partial charge in [-0.05, 0) is 42.0 Å². The standard InChI is InChI=1S/C20H20O2S/c1-3-14-8-10-16(11-9-14)20(2,19(21)22)13-17-12-15-6-4-5-7-18(15)23-17/h4-12H,3,13H2,1-2H3,(H,21,22). The third-order valence-electron chi connectivity index (χ3n) is 4.48. The number of carboxylic acids is 1. The monoisotopic (exact) mass is 324 g/mol. The lowest BCUT2D eigenvalue weighted by Crippen LogP contribution is -2.34. The highest BCUT2D eigenvalue weighted by Gasteiger charge is 2.35. The number of hydrogen-bond donors (Lipinski definition) is 1. The van der Waals surface area contributed by atoms with Crippen LogP contribution >= 0.6 is 11.3 Å². The number of aliphatic carboxylic acids is 1. The van der Waals surface area contributed by atoms with E-state index in [1.807, 2.05) is 43.3 Å². The molecule has 3 heteroatoms. The summed E-state index contributed by atoms with van der Waals surface area (Å²) >= 11 is 1.68.